The zero-order valence-electron chi connectivity index (χ0n) is 15.4. The van der Waals surface area contributed by atoms with E-state index >= 15 is 0 Å². The lowest BCUT2D eigenvalue weighted by Crippen LogP contribution is -3.12. The summed E-state index contributed by atoms with van der Waals surface area (Å²) in [5, 5.41) is 4.59. The minimum Gasteiger partial charge on any atom is -0.370 e. The largest absolute Gasteiger partial charge is 0.370 e. The van der Waals surface area contributed by atoms with E-state index < -0.39 is 5.82 Å². The van der Waals surface area contributed by atoms with Gasteiger partial charge in [0.25, 0.3) is 0 Å². The maximum Gasteiger partial charge on any atom is 0.187 e. The van der Waals surface area contributed by atoms with Gasteiger partial charge < -0.3 is 15.0 Å². The fourth-order valence-corrected chi connectivity index (χ4v) is 5.44. The van der Waals surface area contributed by atoms with Crippen molar-refractivity contribution in [3.8, 4) is 0 Å². The molecule has 0 atom stereocenters. The number of ether oxygens (including phenoxy) is 1. The maximum atomic E-state index is 13.5. The molecule has 1 fully saturated rings. The quantitative estimate of drug-likeness (QED) is 0.682. The number of morpholine rings is 1. The van der Waals surface area contributed by atoms with E-state index in [-0.39, 0.29) is 5.02 Å². The van der Waals surface area contributed by atoms with Crippen LogP contribution in [0.25, 0.3) is 10.2 Å². The van der Waals surface area contributed by atoms with Crippen molar-refractivity contribution in [3.63, 3.8) is 0 Å². The average molecular weight is 420 g/mol. The van der Waals surface area contributed by atoms with E-state index in [1.165, 1.54) is 27.8 Å². The Bertz CT molecular complexity index is 1030. The van der Waals surface area contributed by atoms with Gasteiger partial charge in [-0.3, -0.25) is 0 Å². The van der Waals surface area contributed by atoms with E-state index in [1.54, 1.807) is 23.5 Å². The first kappa shape index (κ1) is 18.2. The molecule has 0 bridgehead atoms. The molecule has 8 heteroatoms. The number of benzene rings is 1. The summed E-state index contributed by atoms with van der Waals surface area (Å²) >= 11 is 7.75. The number of halogens is 2. The van der Waals surface area contributed by atoms with E-state index in [2.05, 4.69) is 5.32 Å². The van der Waals surface area contributed by atoms with Gasteiger partial charge in [-0.15, -0.1) is 11.3 Å². The van der Waals surface area contributed by atoms with Crippen LogP contribution < -0.4 is 10.2 Å². The third-order valence-corrected chi connectivity index (χ3v) is 6.88. The average Bonchev–Trinajstić information content (AvgIpc) is 3.26. The molecule has 2 aliphatic rings. The Morgan fingerprint density at radius 1 is 1.21 bits per heavy atom. The standard InChI is InChI=1S/C20H20ClFN4OS/c21-14-10-12(4-5-15(14)22)23-19-18-13-2-1-3-16(13)28-20(18)25-17(24-19)11-26-6-8-27-9-7-26/h4-5,10H,1-3,6-9,11H2,(H,23,24,25)/p+1. The molecule has 3 heterocycles. The number of nitrogens with one attached hydrogen (secondary N) is 2. The van der Waals surface area contributed by atoms with E-state index in [9.17, 15) is 4.39 Å². The molecule has 1 aliphatic heterocycles. The number of fused-ring (bicyclic) bond motifs is 3. The Labute approximate surface area is 171 Å². The predicted molar refractivity (Wildman–Crippen MR) is 109 cm³/mol. The molecule has 5 nitrogen and oxygen atoms in total. The second kappa shape index (κ2) is 7.55. The van der Waals surface area contributed by atoms with Crippen molar-refractivity contribution in [3.05, 3.63) is 45.3 Å². The molecule has 3 aromatic rings. The highest BCUT2D eigenvalue weighted by atomic mass is 35.5. The number of anilines is 2. The first-order chi connectivity index (χ1) is 13.7. The number of hydrogen-bond acceptors (Lipinski definition) is 5. The van der Waals surface area contributed by atoms with Crippen LogP contribution in [0.4, 0.5) is 15.9 Å². The van der Waals surface area contributed by atoms with Crippen LogP contribution >= 0.6 is 22.9 Å². The van der Waals surface area contributed by atoms with Gasteiger partial charge in [-0.05, 0) is 43.0 Å². The van der Waals surface area contributed by atoms with Crippen LogP contribution in [0.2, 0.25) is 5.02 Å². The third kappa shape index (κ3) is 3.48. The van der Waals surface area contributed by atoms with Crippen molar-refractivity contribution in [1.82, 2.24) is 9.97 Å². The lowest BCUT2D eigenvalue weighted by Gasteiger charge is -2.23. The Morgan fingerprint density at radius 3 is 2.89 bits per heavy atom. The molecule has 2 aromatic heterocycles. The molecule has 28 heavy (non-hydrogen) atoms. The number of rotatable bonds is 4. The van der Waals surface area contributed by atoms with E-state index in [0.29, 0.717) is 0 Å². The highest BCUT2D eigenvalue weighted by Crippen LogP contribution is 2.40. The predicted octanol–water partition coefficient (Wildman–Crippen LogP) is 3.13. The molecule has 1 aromatic carbocycles. The lowest BCUT2D eigenvalue weighted by atomic mass is 10.2. The molecule has 0 amide bonds. The van der Waals surface area contributed by atoms with Gasteiger partial charge in [-0.1, -0.05) is 11.6 Å². The zero-order chi connectivity index (χ0) is 19.1. The van der Waals surface area contributed by atoms with Crippen molar-refractivity contribution >= 4 is 44.7 Å². The normalized spacial score (nSPS) is 17.2. The summed E-state index contributed by atoms with van der Waals surface area (Å²) in [7, 11) is 0. The summed E-state index contributed by atoms with van der Waals surface area (Å²) in [6, 6.07) is 4.67. The molecule has 146 valence electrons. The van der Waals surface area contributed by atoms with Gasteiger partial charge in [0.15, 0.2) is 5.82 Å². The fraction of sp³-hybridized carbons (Fsp3) is 0.400. The van der Waals surface area contributed by atoms with Crippen molar-refractivity contribution in [1.29, 1.82) is 0 Å². The number of aryl methyl sites for hydroxylation is 2. The number of thiophene rings is 1. The van der Waals surface area contributed by atoms with Crippen LogP contribution in [0.5, 0.6) is 0 Å². The molecule has 0 radical (unpaired) electrons. The van der Waals surface area contributed by atoms with E-state index in [0.717, 1.165) is 73.2 Å². The van der Waals surface area contributed by atoms with Crippen LogP contribution in [0.3, 0.4) is 0 Å². The van der Waals surface area contributed by atoms with Crippen LogP contribution in [-0.2, 0) is 24.1 Å². The fourth-order valence-electron chi connectivity index (χ4n) is 3.98. The second-order valence-corrected chi connectivity index (χ2v) is 8.81. The Balaban J connectivity index is 1.54. The Hall–Kier alpha value is -1.80. The van der Waals surface area contributed by atoms with E-state index in [4.69, 9.17) is 26.3 Å². The third-order valence-electron chi connectivity index (χ3n) is 5.40. The summed E-state index contributed by atoms with van der Waals surface area (Å²) in [4.78, 5) is 13.7. The molecule has 2 N–H and O–H groups in total. The van der Waals surface area contributed by atoms with Crippen LogP contribution in [0.15, 0.2) is 18.2 Å². The minimum absolute atomic E-state index is 0.101. The van der Waals surface area contributed by atoms with Gasteiger partial charge >= 0.3 is 0 Å². The van der Waals surface area contributed by atoms with Crippen LogP contribution in [0, 0.1) is 5.82 Å². The summed E-state index contributed by atoms with van der Waals surface area (Å²) in [6.45, 7) is 4.28. The van der Waals surface area contributed by atoms with Gasteiger partial charge in [0.1, 0.15) is 36.1 Å². The van der Waals surface area contributed by atoms with Crippen molar-refractivity contribution in [2.75, 3.05) is 31.6 Å². The number of aromatic nitrogens is 2. The first-order valence-corrected chi connectivity index (χ1v) is 10.8. The highest BCUT2D eigenvalue weighted by molar-refractivity contribution is 7.19. The van der Waals surface area contributed by atoms with Crippen molar-refractivity contribution in [2.24, 2.45) is 0 Å². The molecule has 1 aliphatic carbocycles. The van der Waals surface area contributed by atoms with E-state index in [1.807, 2.05) is 0 Å². The molecule has 5 rings (SSSR count). The summed E-state index contributed by atoms with van der Waals surface area (Å²) < 4.78 is 19.0. The van der Waals surface area contributed by atoms with Gasteiger partial charge in [0.2, 0.25) is 0 Å². The molecule has 0 unspecified atom stereocenters. The number of hydrogen-bond donors (Lipinski definition) is 2. The summed E-state index contributed by atoms with van der Waals surface area (Å²) in [5.74, 6) is 1.21. The monoisotopic (exact) mass is 419 g/mol. The summed E-state index contributed by atoms with van der Waals surface area (Å²) in [6.07, 6.45) is 3.35. The SMILES string of the molecule is Fc1ccc(Nc2nc(C[NH+]3CCOCC3)nc3sc4c(c23)CCC4)cc1Cl. The second-order valence-electron chi connectivity index (χ2n) is 7.32. The number of quaternary nitrogens is 1. The molecular formula is C20H21ClFN4OS+. The molecular weight excluding hydrogens is 399 g/mol. The minimum atomic E-state index is -0.423. The van der Waals surface area contributed by atoms with Gasteiger partial charge in [0.05, 0.1) is 23.6 Å². The molecule has 1 saturated heterocycles. The Morgan fingerprint density at radius 2 is 2.07 bits per heavy atom. The van der Waals surface area contributed by atoms with Gasteiger partial charge in [0, 0.05) is 10.6 Å². The molecule has 0 spiro atoms. The smallest absolute Gasteiger partial charge is 0.187 e. The highest BCUT2D eigenvalue weighted by Gasteiger charge is 2.24. The zero-order valence-corrected chi connectivity index (χ0v) is 16.9. The maximum absolute atomic E-state index is 13.5. The lowest BCUT2D eigenvalue weighted by molar-refractivity contribution is -0.922. The topological polar surface area (TPSA) is 51.5 Å². The van der Waals surface area contributed by atoms with Crippen LogP contribution in [0.1, 0.15) is 22.7 Å². The summed E-state index contributed by atoms with van der Waals surface area (Å²) in [5.41, 5.74) is 2.09. The molecule has 0 saturated carbocycles. The Kier molecular flexibility index (Phi) is 4.92. The van der Waals surface area contributed by atoms with Gasteiger partial charge in [-0.25, -0.2) is 14.4 Å². The van der Waals surface area contributed by atoms with Crippen LogP contribution in [-0.4, -0.2) is 36.3 Å². The van der Waals surface area contributed by atoms with Gasteiger partial charge in [-0.2, -0.15) is 0 Å². The number of nitrogens with zero attached hydrogens (tertiary/aromatic N) is 2. The first-order valence-electron chi connectivity index (χ1n) is 9.62. The van der Waals surface area contributed by atoms with Crippen molar-refractivity contribution in [2.45, 2.75) is 25.8 Å². The van der Waals surface area contributed by atoms with Crippen molar-refractivity contribution < 1.29 is 14.0 Å².